The third kappa shape index (κ3) is 2.67. The van der Waals surface area contributed by atoms with Gasteiger partial charge in [-0.1, -0.05) is 12.1 Å². The van der Waals surface area contributed by atoms with Crippen LogP contribution in [0.15, 0.2) is 24.3 Å². The Morgan fingerprint density at radius 1 is 1.64 bits per heavy atom. The zero-order valence-corrected chi connectivity index (χ0v) is 7.64. The molecule has 1 rings (SSSR count). The minimum absolute atomic E-state index is 0.284. The molecule has 0 bridgehead atoms. The highest BCUT2D eigenvalue weighted by Gasteiger charge is 2.13. The molecule has 0 aliphatic rings. The molecule has 14 heavy (non-hydrogen) atoms. The van der Waals surface area contributed by atoms with E-state index in [4.69, 9.17) is 15.3 Å². The first-order valence-electron chi connectivity index (χ1n) is 4.13. The van der Waals surface area contributed by atoms with Gasteiger partial charge in [0.05, 0.1) is 0 Å². The molecule has 3 N–H and O–H groups in total. The van der Waals surface area contributed by atoms with E-state index in [0.717, 1.165) is 5.56 Å². The van der Waals surface area contributed by atoms with E-state index in [1.54, 1.807) is 24.3 Å². The van der Waals surface area contributed by atoms with Gasteiger partial charge in [0, 0.05) is 12.1 Å². The summed E-state index contributed by atoms with van der Waals surface area (Å²) in [6.45, 7) is 3.26. The van der Waals surface area contributed by atoms with E-state index < -0.39 is 12.0 Å². The minimum atomic E-state index is -1.01. The van der Waals surface area contributed by atoms with Crippen LogP contribution in [0.4, 0.5) is 0 Å². The third-order valence-electron chi connectivity index (χ3n) is 1.84. The van der Waals surface area contributed by atoms with Gasteiger partial charge in [-0.25, -0.2) is 4.42 Å². The van der Waals surface area contributed by atoms with Crippen LogP contribution in [0.2, 0.25) is 0 Å². The number of carboxylic acids is 1. The molecular formula is C10H12NO3+. The molecule has 4 heteroatoms. The first kappa shape index (κ1) is 10.4. The van der Waals surface area contributed by atoms with Gasteiger partial charge in [-0.2, -0.15) is 0 Å². The van der Waals surface area contributed by atoms with E-state index in [0.29, 0.717) is 5.75 Å². The third-order valence-corrected chi connectivity index (χ3v) is 1.84. The predicted octanol–water partition coefficient (Wildman–Crippen LogP) is 0.719. The molecule has 1 aromatic rings. The summed E-state index contributed by atoms with van der Waals surface area (Å²) >= 11 is 0. The van der Waals surface area contributed by atoms with Crippen molar-refractivity contribution in [2.45, 2.75) is 12.5 Å². The molecule has 0 radical (unpaired) electrons. The van der Waals surface area contributed by atoms with Gasteiger partial charge in [0.15, 0.2) is 0 Å². The summed E-state index contributed by atoms with van der Waals surface area (Å²) in [5.41, 5.74) is 6.20. The molecule has 0 saturated carbocycles. The standard InChI is InChI=1S/C10H11NO3/c1-14-8-4-2-3-7(5-8)6-9(11)10(12)13/h2-5,9H,1,6,11H2/p+1. The average Bonchev–Trinajstić information content (AvgIpc) is 2.18. The maximum Gasteiger partial charge on any atom is 0.351 e. The molecule has 0 fully saturated rings. The minimum Gasteiger partial charge on any atom is -0.480 e. The summed E-state index contributed by atoms with van der Waals surface area (Å²) < 4.78 is 4.76. The monoisotopic (exact) mass is 194 g/mol. The number of benzene rings is 1. The maximum atomic E-state index is 10.5. The second kappa shape index (κ2) is 4.53. The van der Waals surface area contributed by atoms with E-state index in [-0.39, 0.29) is 6.42 Å². The van der Waals surface area contributed by atoms with Crippen molar-refractivity contribution in [3.8, 4) is 5.75 Å². The normalized spacial score (nSPS) is 12.1. The number of hydrogen-bond donors (Lipinski definition) is 2. The maximum absolute atomic E-state index is 10.5. The number of rotatable bonds is 4. The van der Waals surface area contributed by atoms with Gasteiger partial charge in [-0.15, -0.1) is 0 Å². The lowest BCUT2D eigenvalue weighted by Gasteiger charge is -2.04. The quantitative estimate of drug-likeness (QED) is 0.693. The van der Waals surface area contributed by atoms with Crippen LogP contribution in [-0.2, 0) is 15.6 Å². The molecule has 0 amide bonds. The number of hydrogen-bond acceptors (Lipinski definition) is 2. The summed E-state index contributed by atoms with van der Waals surface area (Å²) in [7, 11) is 0. The topological polar surface area (TPSA) is 74.6 Å². The Balaban J connectivity index is 2.76. The van der Waals surface area contributed by atoms with Crippen molar-refractivity contribution in [2.75, 3.05) is 0 Å². The molecule has 1 atom stereocenters. The van der Waals surface area contributed by atoms with Crippen LogP contribution in [0.25, 0.3) is 0 Å². The fraction of sp³-hybridized carbons (Fsp3) is 0.200. The summed E-state index contributed by atoms with van der Waals surface area (Å²) in [5, 5.41) is 8.60. The lowest BCUT2D eigenvalue weighted by Crippen LogP contribution is -2.32. The van der Waals surface area contributed by atoms with Gasteiger partial charge < -0.3 is 10.8 Å². The van der Waals surface area contributed by atoms with E-state index in [9.17, 15) is 4.79 Å². The van der Waals surface area contributed by atoms with Gasteiger partial charge in [0.1, 0.15) is 6.04 Å². The lowest BCUT2D eigenvalue weighted by molar-refractivity contribution is -0.354. The highest BCUT2D eigenvalue weighted by molar-refractivity contribution is 5.73. The van der Waals surface area contributed by atoms with Crippen LogP contribution in [0, 0.1) is 0 Å². The van der Waals surface area contributed by atoms with Crippen LogP contribution in [0.3, 0.4) is 0 Å². The highest BCUT2D eigenvalue weighted by atomic mass is 16.4. The first-order valence-corrected chi connectivity index (χ1v) is 4.13. The molecule has 0 heterocycles. The SMILES string of the molecule is C=[O+]c1cccc(CC(N)C(=O)O)c1. The van der Waals surface area contributed by atoms with Crippen molar-refractivity contribution < 1.29 is 14.3 Å². The largest absolute Gasteiger partial charge is 0.480 e. The Morgan fingerprint density at radius 3 is 2.93 bits per heavy atom. The second-order valence-corrected chi connectivity index (χ2v) is 2.94. The van der Waals surface area contributed by atoms with Gasteiger partial charge in [-0.05, 0) is 12.0 Å². The summed E-state index contributed by atoms with van der Waals surface area (Å²) in [6, 6.07) is 6.14. The van der Waals surface area contributed by atoms with Crippen molar-refractivity contribution in [1.29, 1.82) is 0 Å². The van der Waals surface area contributed by atoms with Crippen LogP contribution in [0.5, 0.6) is 5.75 Å². The van der Waals surface area contributed by atoms with Gasteiger partial charge >= 0.3 is 11.7 Å². The Morgan fingerprint density at radius 2 is 2.36 bits per heavy atom. The molecule has 74 valence electrons. The fourth-order valence-corrected chi connectivity index (χ4v) is 1.10. The smallest absolute Gasteiger partial charge is 0.351 e. The van der Waals surface area contributed by atoms with Gasteiger partial charge in [0.25, 0.3) is 6.79 Å². The van der Waals surface area contributed by atoms with Gasteiger partial charge in [-0.3, -0.25) is 4.79 Å². The van der Waals surface area contributed by atoms with Crippen LogP contribution in [0.1, 0.15) is 5.56 Å². The number of carboxylic acid groups (broad SMARTS) is 1. The van der Waals surface area contributed by atoms with Crippen molar-refractivity contribution in [1.82, 2.24) is 0 Å². The van der Waals surface area contributed by atoms with Crippen molar-refractivity contribution in [3.05, 3.63) is 29.8 Å². The zero-order chi connectivity index (χ0) is 10.6. The lowest BCUT2D eigenvalue weighted by atomic mass is 10.1. The summed E-state index contributed by atoms with van der Waals surface area (Å²) in [6.07, 6.45) is 0.284. The van der Waals surface area contributed by atoms with E-state index in [2.05, 4.69) is 6.79 Å². The van der Waals surface area contributed by atoms with Crippen LogP contribution in [-0.4, -0.2) is 23.9 Å². The van der Waals surface area contributed by atoms with Crippen LogP contribution >= 0.6 is 0 Å². The van der Waals surface area contributed by atoms with E-state index >= 15 is 0 Å². The zero-order valence-electron chi connectivity index (χ0n) is 7.64. The average molecular weight is 194 g/mol. The van der Waals surface area contributed by atoms with Gasteiger partial charge in [0.2, 0.25) is 0 Å². The predicted molar refractivity (Wildman–Crippen MR) is 52.3 cm³/mol. The van der Waals surface area contributed by atoms with E-state index in [1.165, 1.54) is 0 Å². The van der Waals surface area contributed by atoms with Crippen molar-refractivity contribution in [3.63, 3.8) is 0 Å². The number of carbonyl (C=O) groups excluding carboxylic acids is 1. The Bertz CT molecular complexity index is 349. The highest BCUT2D eigenvalue weighted by Crippen LogP contribution is 2.13. The number of carbonyl (C=O) groups is 1. The Kier molecular flexibility index (Phi) is 3.36. The molecule has 0 aliphatic heterocycles. The molecule has 0 spiro atoms. The molecule has 1 aromatic carbocycles. The number of nitrogens with two attached hydrogens (primary N) is 1. The summed E-state index contributed by atoms with van der Waals surface area (Å²) in [5.74, 6) is -0.411. The molecule has 0 aliphatic carbocycles. The molecular weight excluding hydrogens is 182 g/mol. The van der Waals surface area contributed by atoms with Crippen LogP contribution < -0.4 is 5.73 Å². The van der Waals surface area contributed by atoms with Crippen molar-refractivity contribution in [2.24, 2.45) is 5.73 Å². The molecule has 1 unspecified atom stereocenters. The molecule has 0 saturated heterocycles. The van der Waals surface area contributed by atoms with E-state index in [1.807, 2.05) is 0 Å². The number of aliphatic carboxylic acids is 1. The van der Waals surface area contributed by atoms with Crippen molar-refractivity contribution >= 4 is 12.8 Å². The molecule has 0 aromatic heterocycles. The fourth-order valence-electron chi connectivity index (χ4n) is 1.10. The second-order valence-electron chi connectivity index (χ2n) is 2.94. The Hall–Kier alpha value is -1.68. The molecule has 4 nitrogen and oxygen atoms in total. The summed E-state index contributed by atoms with van der Waals surface area (Å²) in [4.78, 5) is 10.5. The first-order chi connectivity index (χ1) is 6.63. The Labute approximate surface area is 81.7 Å².